The highest BCUT2D eigenvalue weighted by atomic mass is 15.2. The van der Waals surface area contributed by atoms with E-state index >= 15 is 0 Å². The molecule has 0 atom stereocenters. The summed E-state index contributed by atoms with van der Waals surface area (Å²) in [6.45, 7) is 2.13. The van der Waals surface area contributed by atoms with Gasteiger partial charge in [-0.1, -0.05) is 13.3 Å². The lowest BCUT2D eigenvalue weighted by Gasteiger charge is -2.07. The molecule has 0 unspecified atom stereocenters. The summed E-state index contributed by atoms with van der Waals surface area (Å²) in [5.41, 5.74) is 4.61. The van der Waals surface area contributed by atoms with Gasteiger partial charge in [-0.25, -0.2) is 20.8 Å². The molecule has 0 fully saturated rings. The van der Waals surface area contributed by atoms with Gasteiger partial charge in [0, 0.05) is 12.4 Å². The Balaban J connectivity index is 2.66. The molecule has 2 heterocycles. The summed E-state index contributed by atoms with van der Waals surface area (Å²) < 4.78 is 0. The van der Waals surface area contributed by atoms with E-state index in [9.17, 15) is 0 Å². The van der Waals surface area contributed by atoms with Crippen molar-refractivity contribution in [2.45, 2.75) is 19.8 Å². The average molecular weight is 203 g/mol. The van der Waals surface area contributed by atoms with Gasteiger partial charge in [-0.2, -0.15) is 0 Å². The Morgan fingerprint density at radius 3 is 2.93 bits per heavy atom. The molecule has 78 valence electrons. The molecule has 0 bridgehead atoms. The van der Waals surface area contributed by atoms with Crippen molar-refractivity contribution in [1.82, 2.24) is 15.0 Å². The topological polar surface area (TPSA) is 76.7 Å². The minimum absolute atomic E-state index is 0.616. The van der Waals surface area contributed by atoms with E-state index in [0.29, 0.717) is 5.82 Å². The molecule has 0 aliphatic heterocycles. The van der Waals surface area contributed by atoms with Gasteiger partial charge in [-0.15, -0.1) is 0 Å². The van der Waals surface area contributed by atoms with E-state index in [1.54, 1.807) is 12.5 Å². The summed E-state index contributed by atoms with van der Waals surface area (Å²) in [5, 5.41) is 0.867. The van der Waals surface area contributed by atoms with Crippen molar-refractivity contribution in [2.24, 2.45) is 5.84 Å². The molecule has 0 aromatic carbocycles. The zero-order chi connectivity index (χ0) is 10.7. The molecule has 3 N–H and O–H groups in total. The maximum absolute atomic E-state index is 5.37. The van der Waals surface area contributed by atoms with E-state index in [4.69, 9.17) is 5.84 Å². The van der Waals surface area contributed by atoms with Gasteiger partial charge in [-0.3, -0.25) is 0 Å². The van der Waals surface area contributed by atoms with Gasteiger partial charge < -0.3 is 5.43 Å². The number of hydrogen-bond donors (Lipinski definition) is 2. The van der Waals surface area contributed by atoms with Crippen LogP contribution in [-0.4, -0.2) is 15.0 Å². The molecular weight excluding hydrogens is 190 g/mol. The van der Waals surface area contributed by atoms with Crippen molar-refractivity contribution in [3.63, 3.8) is 0 Å². The second kappa shape index (κ2) is 4.18. The van der Waals surface area contributed by atoms with Crippen LogP contribution in [0.25, 0.3) is 10.9 Å². The lowest BCUT2D eigenvalue weighted by atomic mass is 10.1. The van der Waals surface area contributed by atoms with E-state index in [-0.39, 0.29) is 0 Å². The van der Waals surface area contributed by atoms with E-state index in [0.717, 1.165) is 29.3 Å². The van der Waals surface area contributed by atoms with Gasteiger partial charge in [-0.05, 0) is 12.0 Å². The fraction of sp³-hybridized carbons (Fsp3) is 0.300. The Bertz CT molecular complexity index is 468. The summed E-state index contributed by atoms with van der Waals surface area (Å²) >= 11 is 0. The predicted molar refractivity (Wildman–Crippen MR) is 59.1 cm³/mol. The molecule has 2 aromatic rings. The Hall–Kier alpha value is -1.75. The molecule has 2 rings (SSSR count). The molecular formula is C10H13N5. The number of rotatable bonds is 3. The molecule has 5 nitrogen and oxygen atoms in total. The Kier molecular flexibility index (Phi) is 2.73. The number of aryl methyl sites for hydroxylation is 1. The lowest BCUT2D eigenvalue weighted by molar-refractivity contribution is 0.918. The molecule has 2 aromatic heterocycles. The normalized spacial score (nSPS) is 10.5. The fourth-order valence-corrected chi connectivity index (χ4v) is 1.60. The zero-order valence-electron chi connectivity index (χ0n) is 8.57. The first-order chi connectivity index (χ1) is 7.36. The zero-order valence-corrected chi connectivity index (χ0v) is 8.57. The number of nitrogens with zero attached hydrogens (tertiary/aromatic N) is 3. The summed E-state index contributed by atoms with van der Waals surface area (Å²) in [7, 11) is 0. The van der Waals surface area contributed by atoms with Crippen molar-refractivity contribution in [2.75, 3.05) is 5.43 Å². The SMILES string of the molecule is CCCc1cnc(NN)c2cncnc12. The first kappa shape index (κ1) is 9.79. The third-order valence-corrected chi connectivity index (χ3v) is 2.28. The number of hydrazine groups is 1. The molecule has 15 heavy (non-hydrogen) atoms. The Morgan fingerprint density at radius 2 is 2.20 bits per heavy atom. The quantitative estimate of drug-likeness (QED) is 0.580. The van der Waals surface area contributed by atoms with Crippen LogP contribution in [0.4, 0.5) is 5.82 Å². The highest BCUT2D eigenvalue weighted by Gasteiger charge is 2.06. The first-order valence-electron chi connectivity index (χ1n) is 4.91. The summed E-state index contributed by atoms with van der Waals surface area (Å²) in [6, 6.07) is 0. The van der Waals surface area contributed by atoms with E-state index in [2.05, 4.69) is 27.3 Å². The number of hydrogen-bond acceptors (Lipinski definition) is 5. The molecule has 0 saturated carbocycles. The lowest BCUT2D eigenvalue weighted by Crippen LogP contribution is -2.10. The van der Waals surface area contributed by atoms with Crippen molar-refractivity contribution >= 4 is 16.7 Å². The average Bonchev–Trinajstić information content (AvgIpc) is 2.30. The molecule has 0 saturated heterocycles. The minimum Gasteiger partial charge on any atom is -0.308 e. The Labute approximate surface area is 87.7 Å². The van der Waals surface area contributed by atoms with Crippen molar-refractivity contribution in [1.29, 1.82) is 0 Å². The second-order valence-electron chi connectivity index (χ2n) is 3.31. The number of nitrogen functional groups attached to an aromatic ring is 1. The van der Waals surface area contributed by atoms with Crippen LogP contribution in [0.3, 0.4) is 0 Å². The number of aromatic nitrogens is 3. The van der Waals surface area contributed by atoms with Gasteiger partial charge >= 0.3 is 0 Å². The number of nitrogens with one attached hydrogen (secondary N) is 1. The Morgan fingerprint density at radius 1 is 1.33 bits per heavy atom. The van der Waals surface area contributed by atoms with Gasteiger partial charge in [0.25, 0.3) is 0 Å². The molecule has 0 spiro atoms. The molecule has 0 aliphatic carbocycles. The maximum atomic E-state index is 5.37. The third kappa shape index (κ3) is 1.73. The van der Waals surface area contributed by atoms with Crippen LogP contribution < -0.4 is 11.3 Å². The summed E-state index contributed by atoms with van der Waals surface area (Å²) in [4.78, 5) is 12.5. The van der Waals surface area contributed by atoms with Crippen molar-refractivity contribution < 1.29 is 0 Å². The highest BCUT2D eigenvalue weighted by molar-refractivity contribution is 5.90. The fourth-order valence-electron chi connectivity index (χ4n) is 1.60. The van der Waals surface area contributed by atoms with Gasteiger partial charge in [0.1, 0.15) is 6.33 Å². The summed E-state index contributed by atoms with van der Waals surface area (Å²) in [5.74, 6) is 5.99. The summed E-state index contributed by atoms with van der Waals surface area (Å²) in [6.07, 6.45) is 7.11. The van der Waals surface area contributed by atoms with Crippen LogP contribution in [0.5, 0.6) is 0 Å². The number of nitrogens with two attached hydrogens (primary N) is 1. The van der Waals surface area contributed by atoms with Gasteiger partial charge in [0.2, 0.25) is 0 Å². The number of fused-ring (bicyclic) bond motifs is 1. The van der Waals surface area contributed by atoms with Crippen LogP contribution in [0.2, 0.25) is 0 Å². The maximum Gasteiger partial charge on any atom is 0.150 e. The third-order valence-electron chi connectivity index (χ3n) is 2.28. The van der Waals surface area contributed by atoms with Crippen molar-refractivity contribution in [3.8, 4) is 0 Å². The van der Waals surface area contributed by atoms with Gasteiger partial charge in [0.05, 0.1) is 10.9 Å². The minimum atomic E-state index is 0.616. The number of anilines is 1. The number of pyridine rings is 1. The predicted octanol–water partition coefficient (Wildman–Crippen LogP) is 1.26. The van der Waals surface area contributed by atoms with Crippen LogP contribution in [0, 0.1) is 0 Å². The molecule has 0 radical (unpaired) electrons. The van der Waals surface area contributed by atoms with Crippen LogP contribution in [0.1, 0.15) is 18.9 Å². The van der Waals surface area contributed by atoms with Crippen molar-refractivity contribution in [3.05, 3.63) is 24.3 Å². The highest BCUT2D eigenvalue weighted by Crippen LogP contribution is 2.21. The van der Waals surface area contributed by atoms with E-state index in [1.807, 2.05) is 6.20 Å². The van der Waals surface area contributed by atoms with E-state index < -0.39 is 0 Å². The largest absolute Gasteiger partial charge is 0.308 e. The first-order valence-corrected chi connectivity index (χ1v) is 4.91. The second-order valence-corrected chi connectivity index (χ2v) is 3.31. The van der Waals surface area contributed by atoms with Crippen LogP contribution in [0.15, 0.2) is 18.7 Å². The standard InChI is InChI=1S/C10H13N5/c1-2-3-7-4-13-10(15-11)8-5-12-6-14-9(7)8/h4-6H,2-3,11H2,1H3,(H,13,15). The van der Waals surface area contributed by atoms with Crippen LogP contribution >= 0.6 is 0 Å². The van der Waals surface area contributed by atoms with E-state index in [1.165, 1.54) is 0 Å². The molecule has 0 aliphatic rings. The smallest absolute Gasteiger partial charge is 0.150 e. The monoisotopic (exact) mass is 203 g/mol. The molecule has 0 amide bonds. The van der Waals surface area contributed by atoms with Crippen LogP contribution in [-0.2, 0) is 6.42 Å². The van der Waals surface area contributed by atoms with Gasteiger partial charge in [0.15, 0.2) is 5.82 Å². The molecule has 5 heteroatoms.